The van der Waals surface area contributed by atoms with E-state index in [2.05, 4.69) is 51.2 Å². The second kappa shape index (κ2) is 14.1. The van der Waals surface area contributed by atoms with Crippen molar-refractivity contribution in [3.8, 4) is 5.75 Å². The molecular weight excluding hydrogens is 604 g/mol. The summed E-state index contributed by atoms with van der Waals surface area (Å²) in [6, 6.07) is 21.6. The van der Waals surface area contributed by atoms with Crippen molar-refractivity contribution in [3.63, 3.8) is 0 Å². The number of aliphatic carboxylic acids is 1. The lowest BCUT2D eigenvalue weighted by atomic mass is 9.83. The zero-order valence-corrected chi connectivity index (χ0v) is 28.7. The quantitative estimate of drug-likeness (QED) is 0.258. The Labute approximate surface area is 284 Å². The zero-order valence-electron chi connectivity index (χ0n) is 28.7. The topological polar surface area (TPSA) is 90.4 Å². The van der Waals surface area contributed by atoms with Gasteiger partial charge < -0.3 is 24.1 Å². The molecule has 3 aromatic rings. The van der Waals surface area contributed by atoms with E-state index in [0.29, 0.717) is 39.1 Å². The van der Waals surface area contributed by atoms with Crippen molar-refractivity contribution in [2.24, 2.45) is 5.92 Å². The van der Waals surface area contributed by atoms with Gasteiger partial charge in [0.25, 0.3) is 0 Å². The van der Waals surface area contributed by atoms with Crippen LogP contribution in [-0.2, 0) is 33.8 Å². The molecular formula is C39H49N4O5+. The highest BCUT2D eigenvalue weighted by Crippen LogP contribution is 2.42. The van der Waals surface area contributed by atoms with Crippen molar-refractivity contribution in [1.82, 2.24) is 4.90 Å². The summed E-state index contributed by atoms with van der Waals surface area (Å²) >= 11 is 0. The molecule has 2 amide bonds. The summed E-state index contributed by atoms with van der Waals surface area (Å²) < 4.78 is 6.52. The Morgan fingerprint density at radius 1 is 1.02 bits per heavy atom. The number of unbranched alkanes of at least 4 members (excludes halogenated alkanes) is 1. The second-order valence-electron chi connectivity index (χ2n) is 14.6. The highest BCUT2D eigenvalue weighted by Gasteiger charge is 2.47. The molecule has 0 spiro atoms. The highest BCUT2D eigenvalue weighted by molar-refractivity contribution is 6.01. The summed E-state index contributed by atoms with van der Waals surface area (Å²) in [4.78, 5) is 46.3. The third-order valence-electron chi connectivity index (χ3n) is 10.0. The molecule has 3 heterocycles. The number of amides is 2. The van der Waals surface area contributed by atoms with Crippen molar-refractivity contribution in [2.75, 3.05) is 63.7 Å². The van der Waals surface area contributed by atoms with Crippen LogP contribution in [0.5, 0.6) is 5.75 Å². The van der Waals surface area contributed by atoms with Gasteiger partial charge in [0.1, 0.15) is 12.3 Å². The average molecular weight is 654 g/mol. The van der Waals surface area contributed by atoms with Crippen LogP contribution in [-0.4, -0.2) is 92.2 Å². The molecule has 0 saturated carbocycles. The van der Waals surface area contributed by atoms with E-state index in [1.165, 1.54) is 0 Å². The number of rotatable bonds is 13. The van der Waals surface area contributed by atoms with Gasteiger partial charge in [0, 0.05) is 55.0 Å². The first-order valence-corrected chi connectivity index (χ1v) is 17.3. The fourth-order valence-corrected chi connectivity index (χ4v) is 7.79. The molecule has 254 valence electrons. The number of likely N-dealkylation sites (tertiary alicyclic amines) is 1. The van der Waals surface area contributed by atoms with Crippen molar-refractivity contribution in [1.29, 1.82) is 0 Å². The molecule has 3 aromatic carbocycles. The van der Waals surface area contributed by atoms with Gasteiger partial charge in [-0.05, 0) is 53.8 Å². The molecule has 1 N–H and O–H groups in total. The summed E-state index contributed by atoms with van der Waals surface area (Å²) in [6.07, 6.45) is 3.41. The monoisotopic (exact) mass is 653 g/mol. The number of hydrogen-bond donors (Lipinski definition) is 1. The lowest BCUT2D eigenvalue weighted by molar-refractivity contribution is -0.884. The van der Waals surface area contributed by atoms with E-state index in [4.69, 9.17) is 4.74 Å². The largest absolute Gasteiger partial charge is 0.493 e. The fourth-order valence-electron chi connectivity index (χ4n) is 7.79. The molecule has 3 aliphatic heterocycles. The molecule has 1 saturated heterocycles. The number of carboxylic acid groups (broad SMARTS) is 1. The first kappa shape index (κ1) is 33.7. The predicted molar refractivity (Wildman–Crippen MR) is 187 cm³/mol. The number of fused-ring (bicyclic) bond motifs is 2. The minimum Gasteiger partial charge on any atom is -0.493 e. The number of nitrogens with zero attached hydrogens (tertiary/aromatic N) is 4. The van der Waals surface area contributed by atoms with Gasteiger partial charge in [-0.15, -0.1) is 0 Å². The van der Waals surface area contributed by atoms with E-state index >= 15 is 0 Å². The minimum absolute atomic E-state index is 0.0263. The van der Waals surface area contributed by atoms with E-state index < -0.39 is 17.9 Å². The predicted octanol–water partition coefficient (Wildman–Crippen LogP) is 5.11. The van der Waals surface area contributed by atoms with Crippen LogP contribution >= 0.6 is 0 Å². The van der Waals surface area contributed by atoms with E-state index in [0.717, 1.165) is 69.7 Å². The third-order valence-corrected chi connectivity index (χ3v) is 10.0. The molecule has 0 aromatic heterocycles. The first-order chi connectivity index (χ1) is 23.0. The maximum absolute atomic E-state index is 14.3. The van der Waals surface area contributed by atoms with Gasteiger partial charge in [0.2, 0.25) is 11.8 Å². The summed E-state index contributed by atoms with van der Waals surface area (Å²) in [7, 11) is 6.45. The number of benzene rings is 3. The Balaban J connectivity index is 1.30. The first-order valence-electron chi connectivity index (χ1n) is 17.3. The normalized spacial score (nSPS) is 20.5. The van der Waals surface area contributed by atoms with Gasteiger partial charge in [-0.1, -0.05) is 55.8 Å². The number of carboxylic acids is 1. The lowest BCUT2D eigenvalue weighted by Crippen LogP contribution is -2.46. The smallest absolute Gasteiger partial charge is 0.308 e. The average Bonchev–Trinajstić information content (AvgIpc) is 3.74. The lowest BCUT2D eigenvalue weighted by Gasteiger charge is -2.31. The third kappa shape index (κ3) is 7.27. The minimum atomic E-state index is -0.874. The molecule has 9 nitrogen and oxygen atoms in total. The van der Waals surface area contributed by atoms with Crippen LogP contribution in [0.4, 0.5) is 11.4 Å². The van der Waals surface area contributed by atoms with E-state index in [1.54, 1.807) is 4.90 Å². The number of quaternary nitrogens is 1. The van der Waals surface area contributed by atoms with Gasteiger partial charge in [0.05, 0.1) is 46.6 Å². The second-order valence-corrected chi connectivity index (χ2v) is 14.6. The Kier molecular flexibility index (Phi) is 9.90. The Hall–Kier alpha value is -4.21. The van der Waals surface area contributed by atoms with Crippen LogP contribution in [0.2, 0.25) is 0 Å². The summed E-state index contributed by atoms with van der Waals surface area (Å²) in [5.74, 6) is -1.06. The molecule has 3 atom stereocenters. The van der Waals surface area contributed by atoms with Crippen molar-refractivity contribution in [3.05, 3.63) is 89.0 Å². The van der Waals surface area contributed by atoms with Crippen LogP contribution in [0.1, 0.15) is 54.4 Å². The summed E-state index contributed by atoms with van der Waals surface area (Å²) in [5.41, 5.74) is 5.99. The van der Waals surface area contributed by atoms with Crippen LogP contribution in [0, 0.1) is 5.92 Å². The van der Waals surface area contributed by atoms with E-state index in [1.807, 2.05) is 53.4 Å². The van der Waals surface area contributed by atoms with Gasteiger partial charge in [-0.2, -0.15) is 0 Å². The van der Waals surface area contributed by atoms with Gasteiger partial charge in [0.15, 0.2) is 0 Å². The number of para-hydroxylation sites is 1. The summed E-state index contributed by atoms with van der Waals surface area (Å²) in [5, 5.41) is 10.8. The number of carbonyl (C=O) groups excluding carboxylic acids is 2. The highest BCUT2D eigenvalue weighted by atomic mass is 16.5. The standard InChI is InChI=1S/C39H48N4O5/c1-5-6-18-41(31-12-9-10-27(21-31)26-43(2,3)4)37(45)25-40-24-32(28-14-15-35-30(22-28)17-20-48-35)38(39(46)47)34(40)16-19-42-33-13-8-7-11-29(33)23-36(42)44/h7-15,21-22,32,34,38H,5-6,16-20,23-26H2,1-4H3/p+1/t32-,34+,38?/m1/s1. The SMILES string of the molecule is CCCCN(C(=O)CN1C[C@H](c2ccc3c(c2)CCO3)C(C(=O)O)[C@@H]1CCN1C(=O)Cc2ccccc21)c1cccc(C[N+](C)(C)C)c1. The number of hydrogen-bond acceptors (Lipinski definition) is 5. The molecule has 3 aliphatic rings. The molecule has 1 fully saturated rings. The van der Waals surface area contributed by atoms with Crippen LogP contribution in [0.3, 0.4) is 0 Å². The van der Waals surface area contributed by atoms with Crippen LogP contribution in [0.15, 0.2) is 66.7 Å². The molecule has 9 heteroatoms. The molecule has 0 aliphatic carbocycles. The van der Waals surface area contributed by atoms with E-state index in [9.17, 15) is 19.5 Å². The maximum atomic E-state index is 14.3. The molecule has 1 unspecified atom stereocenters. The fraction of sp³-hybridized carbons (Fsp3) is 0.462. The van der Waals surface area contributed by atoms with Crippen LogP contribution in [0.25, 0.3) is 0 Å². The van der Waals surface area contributed by atoms with Gasteiger partial charge >= 0.3 is 5.97 Å². The van der Waals surface area contributed by atoms with Gasteiger partial charge in [-0.3, -0.25) is 19.3 Å². The van der Waals surface area contributed by atoms with Crippen molar-refractivity contribution >= 4 is 29.2 Å². The van der Waals surface area contributed by atoms with Gasteiger partial charge in [-0.25, -0.2) is 0 Å². The molecule has 0 radical (unpaired) electrons. The molecule has 0 bridgehead atoms. The number of ether oxygens (including phenoxy) is 1. The van der Waals surface area contributed by atoms with Crippen molar-refractivity contribution in [2.45, 2.75) is 57.5 Å². The number of anilines is 2. The van der Waals surface area contributed by atoms with E-state index in [-0.39, 0.29) is 24.3 Å². The Bertz CT molecular complexity index is 1670. The molecule has 48 heavy (non-hydrogen) atoms. The zero-order chi connectivity index (χ0) is 34.0. The molecule has 6 rings (SSSR count). The Morgan fingerprint density at radius 3 is 2.60 bits per heavy atom. The number of carbonyl (C=O) groups is 3. The summed E-state index contributed by atoms with van der Waals surface area (Å²) in [6.45, 7) is 5.12. The maximum Gasteiger partial charge on any atom is 0.308 e. The van der Waals surface area contributed by atoms with Crippen molar-refractivity contribution < 1.29 is 28.7 Å². The van der Waals surface area contributed by atoms with Crippen LogP contribution < -0.4 is 14.5 Å². The Morgan fingerprint density at radius 2 is 1.83 bits per heavy atom.